The van der Waals surface area contributed by atoms with E-state index in [-0.39, 0.29) is 5.97 Å². The highest BCUT2D eigenvalue weighted by Crippen LogP contribution is 2.25. The van der Waals surface area contributed by atoms with Crippen LogP contribution in [-0.2, 0) is 9.53 Å². The summed E-state index contributed by atoms with van der Waals surface area (Å²) in [6.45, 7) is 2.72. The zero-order chi connectivity index (χ0) is 11.4. The van der Waals surface area contributed by atoms with Gasteiger partial charge < -0.3 is 9.47 Å². The minimum Gasteiger partial charge on any atom is -0.493 e. The van der Waals surface area contributed by atoms with Gasteiger partial charge in [0.05, 0.1) is 13.2 Å². The second kappa shape index (κ2) is 4.84. The number of para-hydroxylation sites is 1. The highest BCUT2D eigenvalue weighted by atomic mass is 16.5. The summed E-state index contributed by atoms with van der Waals surface area (Å²) in [4.78, 5) is 11.6. The van der Waals surface area contributed by atoms with Gasteiger partial charge >= 0.3 is 5.97 Å². The van der Waals surface area contributed by atoms with Crippen LogP contribution in [0.3, 0.4) is 0 Å². The number of hydrogen-bond acceptors (Lipinski definition) is 3. The fourth-order valence-electron chi connectivity index (χ4n) is 1.65. The molecule has 0 N–H and O–H groups in total. The lowest BCUT2D eigenvalue weighted by Gasteiger charge is -2.04. The Morgan fingerprint density at radius 2 is 2.25 bits per heavy atom. The lowest BCUT2D eigenvalue weighted by Crippen LogP contribution is -2.09. The minimum absolute atomic E-state index is 0.247. The van der Waals surface area contributed by atoms with Gasteiger partial charge in [-0.2, -0.15) is 0 Å². The summed E-state index contributed by atoms with van der Waals surface area (Å²) in [5, 5.41) is 0. The summed E-state index contributed by atoms with van der Waals surface area (Å²) in [6, 6.07) is 7.68. The molecule has 1 aromatic rings. The van der Waals surface area contributed by atoms with Gasteiger partial charge in [0.25, 0.3) is 0 Å². The predicted molar refractivity (Wildman–Crippen MR) is 61.2 cm³/mol. The van der Waals surface area contributed by atoms with E-state index in [2.05, 4.69) is 0 Å². The maximum Gasteiger partial charge on any atom is 0.334 e. The van der Waals surface area contributed by atoms with E-state index in [4.69, 9.17) is 9.47 Å². The summed E-state index contributed by atoms with van der Waals surface area (Å²) in [6.07, 6.45) is 2.44. The number of hydrogen-bond donors (Lipinski definition) is 0. The van der Waals surface area contributed by atoms with E-state index < -0.39 is 0 Å². The monoisotopic (exact) mass is 218 g/mol. The summed E-state index contributed by atoms with van der Waals surface area (Å²) < 4.78 is 10.5. The van der Waals surface area contributed by atoms with Crippen molar-refractivity contribution in [2.45, 2.75) is 13.3 Å². The van der Waals surface area contributed by atoms with Crippen molar-refractivity contribution >= 4 is 12.0 Å². The molecule has 0 saturated carbocycles. The molecule has 3 heteroatoms. The first-order valence-electron chi connectivity index (χ1n) is 5.41. The van der Waals surface area contributed by atoms with Crippen LogP contribution in [0, 0.1) is 0 Å². The van der Waals surface area contributed by atoms with Gasteiger partial charge in [-0.05, 0) is 19.1 Å². The molecule has 84 valence electrons. The molecular weight excluding hydrogens is 204 g/mol. The molecule has 1 aliphatic heterocycles. The molecule has 1 aromatic carbocycles. The Hall–Kier alpha value is -1.77. The van der Waals surface area contributed by atoms with Gasteiger partial charge in [0.15, 0.2) is 0 Å². The van der Waals surface area contributed by atoms with Crippen LogP contribution < -0.4 is 4.74 Å². The topological polar surface area (TPSA) is 35.5 Å². The number of carbonyl (C=O) groups is 1. The minimum atomic E-state index is -0.247. The van der Waals surface area contributed by atoms with E-state index in [1.807, 2.05) is 30.3 Å². The largest absolute Gasteiger partial charge is 0.493 e. The number of esters is 1. The Balaban J connectivity index is 2.29. The molecule has 0 atom stereocenters. The third kappa shape index (κ3) is 2.24. The molecule has 0 amide bonds. The van der Waals surface area contributed by atoms with Crippen LogP contribution in [0.1, 0.15) is 18.9 Å². The van der Waals surface area contributed by atoms with Crippen molar-refractivity contribution in [1.82, 2.24) is 0 Å². The molecule has 1 aliphatic rings. The van der Waals surface area contributed by atoms with Crippen molar-refractivity contribution in [2.75, 3.05) is 13.2 Å². The van der Waals surface area contributed by atoms with Gasteiger partial charge in [-0.3, -0.25) is 0 Å². The van der Waals surface area contributed by atoms with Crippen LogP contribution in [0.4, 0.5) is 0 Å². The number of benzene rings is 1. The SMILES string of the molecule is CCOC(=O)C1=Cc2ccccc2OCC1. The first-order valence-corrected chi connectivity index (χ1v) is 5.41. The van der Waals surface area contributed by atoms with Crippen molar-refractivity contribution in [1.29, 1.82) is 0 Å². The number of rotatable bonds is 2. The van der Waals surface area contributed by atoms with Crippen LogP contribution >= 0.6 is 0 Å². The van der Waals surface area contributed by atoms with Crippen LogP contribution in [0.25, 0.3) is 6.08 Å². The molecule has 0 radical (unpaired) electrons. The normalized spacial score (nSPS) is 14.2. The lowest BCUT2D eigenvalue weighted by atomic mass is 10.1. The Labute approximate surface area is 94.7 Å². The first kappa shape index (κ1) is 10.7. The first-order chi connectivity index (χ1) is 7.81. The molecule has 0 saturated heterocycles. The van der Waals surface area contributed by atoms with Gasteiger partial charge in [0.1, 0.15) is 5.75 Å². The molecule has 0 aliphatic carbocycles. The Morgan fingerprint density at radius 3 is 3.06 bits per heavy atom. The third-order valence-corrected chi connectivity index (χ3v) is 2.42. The summed E-state index contributed by atoms with van der Waals surface area (Å²) in [5.41, 5.74) is 1.61. The second-order valence-corrected chi connectivity index (χ2v) is 3.53. The van der Waals surface area contributed by atoms with Crippen molar-refractivity contribution in [3.05, 3.63) is 35.4 Å². The summed E-state index contributed by atoms with van der Waals surface area (Å²) in [7, 11) is 0. The van der Waals surface area contributed by atoms with Gasteiger partial charge in [0, 0.05) is 17.6 Å². The Kier molecular flexibility index (Phi) is 3.25. The van der Waals surface area contributed by atoms with Gasteiger partial charge in [0.2, 0.25) is 0 Å². The van der Waals surface area contributed by atoms with Crippen molar-refractivity contribution in [3.63, 3.8) is 0 Å². The van der Waals surface area contributed by atoms with Gasteiger partial charge in [-0.1, -0.05) is 18.2 Å². The van der Waals surface area contributed by atoms with Gasteiger partial charge in [-0.25, -0.2) is 4.79 Å². The van der Waals surface area contributed by atoms with E-state index in [0.29, 0.717) is 25.2 Å². The number of fused-ring (bicyclic) bond motifs is 1. The molecule has 0 bridgehead atoms. The maximum absolute atomic E-state index is 11.6. The quantitative estimate of drug-likeness (QED) is 0.715. The highest BCUT2D eigenvalue weighted by Gasteiger charge is 2.15. The summed E-state index contributed by atoms with van der Waals surface area (Å²) in [5.74, 6) is 0.574. The fourth-order valence-corrected chi connectivity index (χ4v) is 1.65. The summed E-state index contributed by atoms with van der Waals surface area (Å²) >= 11 is 0. The van der Waals surface area contributed by atoms with E-state index in [1.54, 1.807) is 6.92 Å². The smallest absolute Gasteiger partial charge is 0.334 e. The molecule has 1 heterocycles. The molecule has 3 nitrogen and oxygen atoms in total. The van der Waals surface area contributed by atoms with Crippen molar-refractivity contribution < 1.29 is 14.3 Å². The van der Waals surface area contributed by atoms with E-state index in [0.717, 1.165) is 11.3 Å². The molecule has 16 heavy (non-hydrogen) atoms. The van der Waals surface area contributed by atoms with E-state index >= 15 is 0 Å². The second-order valence-electron chi connectivity index (χ2n) is 3.53. The standard InChI is InChI=1S/C13H14O3/c1-2-15-13(14)11-7-8-16-12-6-4-3-5-10(12)9-11/h3-6,9H,2,7-8H2,1H3. The predicted octanol–water partition coefficient (Wildman–Crippen LogP) is 2.42. The van der Waals surface area contributed by atoms with Crippen molar-refractivity contribution in [3.8, 4) is 5.75 Å². The zero-order valence-corrected chi connectivity index (χ0v) is 9.23. The molecule has 0 fully saturated rings. The third-order valence-electron chi connectivity index (χ3n) is 2.42. The van der Waals surface area contributed by atoms with Crippen LogP contribution in [-0.4, -0.2) is 19.2 Å². The lowest BCUT2D eigenvalue weighted by molar-refractivity contribution is -0.138. The Morgan fingerprint density at radius 1 is 1.44 bits per heavy atom. The molecule has 2 rings (SSSR count). The number of carbonyl (C=O) groups excluding carboxylic acids is 1. The van der Waals surface area contributed by atoms with Crippen LogP contribution in [0.2, 0.25) is 0 Å². The van der Waals surface area contributed by atoms with Crippen LogP contribution in [0.5, 0.6) is 5.75 Å². The fraction of sp³-hybridized carbons (Fsp3) is 0.308. The zero-order valence-electron chi connectivity index (χ0n) is 9.23. The van der Waals surface area contributed by atoms with E-state index in [9.17, 15) is 4.79 Å². The molecule has 0 unspecified atom stereocenters. The average molecular weight is 218 g/mol. The Bertz CT molecular complexity index is 421. The van der Waals surface area contributed by atoms with E-state index in [1.165, 1.54) is 0 Å². The van der Waals surface area contributed by atoms with Gasteiger partial charge in [-0.15, -0.1) is 0 Å². The molecule has 0 spiro atoms. The molecular formula is C13H14O3. The highest BCUT2D eigenvalue weighted by molar-refractivity contribution is 5.94. The molecule has 0 aromatic heterocycles. The maximum atomic E-state index is 11.6. The number of ether oxygens (including phenoxy) is 2. The van der Waals surface area contributed by atoms with Crippen molar-refractivity contribution in [2.24, 2.45) is 0 Å². The average Bonchev–Trinajstić information content (AvgIpc) is 2.51. The van der Waals surface area contributed by atoms with Crippen LogP contribution in [0.15, 0.2) is 29.8 Å².